The smallest absolute Gasteiger partial charge is 0.143 e. The van der Waals surface area contributed by atoms with E-state index in [0.29, 0.717) is 0 Å². The summed E-state index contributed by atoms with van der Waals surface area (Å²) in [7, 11) is 0. The van der Waals surface area contributed by atoms with E-state index in [1.54, 1.807) is 5.56 Å². The SMILES string of the molecule is Brc1ccc2c(c1)oc1c(-c3cccc4c3Cc3cccc(C5CCC5)c3-4)cccc12. The van der Waals surface area contributed by atoms with Gasteiger partial charge in [-0.25, -0.2) is 0 Å². The number of para-hydroxylation sites is 1. The number of halogens is 1. The fourth-order valence-electron chi connectivity index (χ4n) is 5.59. The summed E-state index contributed by atoms with van der Waals surface area (Å²) in [6, 6.07) is 26.6. The third-order valence-corrected chi connectivity index (χ3v) is 7.78. The number of furan rings is 1. The van der Waals surface area contributed by atoms with Crippen molar-refractivity contribution in [1.29, 1.82) is 0 Å². The Bertz CT molecular complexity index is 1500. The number of benzene rings is 4. The molecule has 1 nitrogen and oxygen atoms in total. The van der Waals surface area contributed by atoms with Crippen molar-refractivity contribution < 1.29 is 4.42 Å². The number of rotatable bonds is 2. The van der Waals surface area contributed by atoms with Gasteiger partial charge in [0.2, 0.25) is 0 Å². The number of hydrogen-bond acceptors (Lipinski definition) is 1. The molecule has 31 heavy (non-hydrogen) atoms. The summed E-state index contributed by atoms with van der Waals surface area (Å²) in [6.45, 7) is 0. The Hall–Kier alpha value is -2.84. The van der Waals surface area contributed by atoms with E-state index >= 15 is 0 Å². The summed E-state index contributed by atoms with van der Waals surface area (Å²) < 4.78 is 7.46. The van der Waals surface area contributed by atoms with E-state index in [4.69, 9.17) is 4.42 Å². The van der Waals surface area contributed by atoms with Gasteiger partial charge in [0, 0.05) is 20.8 Å². The highest BCUT2D eigenvalue weighted by atomic mass is 79.9. The molecule has 0 atom stereocenters. The van der Waals surface area contributed by atoms with Crippen molar-refractivity contribution in [2.75, 3.05) is 0 Å². The summed E-state index contributed by atoms with van der Waals surface area (Å²) in [5.74, 6) is 0.738. The zero-order valence-corrected chi connectivity index (χ0v) is 18.7. The molecule has 0 bridgehead atoms. The standard InChI is InChI=1S/C29H21BrO/c30-19-13-14-22-25-12-4-11-24(29(25)31-27(22)16-19)21-9-3-10-23-26(21)15-18-7-2-8-20(28(18)23)17-5-1-6-17/h2-4,7-14,16-17H,1,5-6,15H2. The maximum Gasteiger partial charge on any atom is 0.143 e. The molecule has 0 amide bonds. The lowest BCUT2D eigenvalue weighted by Crippen LogP contribution is -2.10. The molecule has 2 heteroatoms. The molecule has 2 aliphatic rings. The molecule has 1 heterocycles. The second kappa shape index (κ2) is 6.58. The molecule has 150 valence electrons. The van der Waals surface area contributed by atoms with Crippen molar-refractivity contribution in [2.24, 2.45) is 0 Å². The van der Waals surface area contributed by atoms with E-state index in [1.165, 1.54) is 63.4 Å². The van der Waals surface area contributed by atoms with Crippen LogP contribution in [-0.2, 0) is 6.42 Å². The second-order valence-corrected chi connectivity index (χ2v) is 9.86. The highest BCUT2D eigenvalue weighted by Crippen LogP contribution is 2.49. The van der Waals surface area contributed by atoms with Gasteiger partial charge in [-0.2, -0.15) is 0 Å². The van der Waals surface area contributed by atoms with Crippen LogP contribution < -0.4 is 0 Å². The minimum Gasteiger partial charge on any atom is -0.455 e. The van der Waals surface area contributed by atoms with Crippen molar-refractivity contribution in [3.05, 3.63) is 94.0 Å². The van der Waals surface area contributed by atoms with Gasteiger partial charge in [-0.05, 0) is 76.8 Å². The van der Waals surface area contributed by atoms with E-state index in [1.807, 2.05) is 0 Å². The lowest BCUT2D eigenvalue weighted by Gasteiger charge is -2.28. The normalized spacial score (nSPS) is 15.3. The molecule has 2 aliphatic carbocycles. The van der Waals surface area contributed by atoms with Crippen LogP contribution in [0.2, 0.25) is 0 Å². The molecular formula is C29H21BrO. The quantitative estimate of drug-likeness (QED) is 0.249. The average molecular weight is 465 g/mol. The van der Waals surface area contributed by atoms with Gasteiger partial charge in [-0.15, -0.1) is 0 Å². The Morgan fingerprint density at radius 2 is 1.58 bits per heavy atom. The van der Waals surface area contributed by atoms with Crippen LogP contribution in [0, 0.1) is 0 Å². The topological polar surface area (TPSA) is 13.1 Å². The summed E-state index contributed by atoms with van der Waals surface area (Å²) in [5, 5.41) is 2.35. The largest absolute Gasteiger partial charge is 0.455 e. The summed E-state index contributed by atoms with van der Waals surface area (Å²) in [4.78, 5) is 0. The summed E-state index contributed by atoms with van der Waals surface area (Å²) >= 11 is 3.58. The first-order valence-electron chi connectivity index (χ1n) is 11.1. The van der Waals surface area contributed by atoms with E-state index < -0.39 is 0 Å². The number of hydrogen-bond donors (Lipinski definition) is 0. The van der Waals surface area contributed by atoms with E-state index in [0.717, 1.165) is 28.0 Å². The molecule has 0 saturated heterocycles. The van der Waals surface area contributed by atoms with Crippen molar-refractivity contribution in [2.45, 2.75) is 31.6 Å². The Labute approximate surface area is 189 Å². The molecule has 0 N–H and O–H groups in total. The van der Waals surface area contributed by atoms with Gasteiger partial charge in [0.1, 0.15) is 11.2 Å². The molecule has 5 aromatic rings. The number of fused-ring (bicyclic) bond motifs is 6. The first-order chi connectivity index (χ1) is 15.3. The highest BCUT2D eigenvalue weighted by Gasteiger charge is 2.29. The monoisotopic (exact) mass is 464 g/mol. The summed E-state index contributed by atoms with van der Waals surface area (Å²) in [6.07, 6.45) is 5.04. The molecule has 1 fully saturated rings. The molecule has 7 rings (SSSR count). The van der Waals surface area contributed by atoms with Gasteiger partial charge in [0.15, 0.2) is 0 Å². The predicted octanol–water partition coefficient (Wildman–Crippen LogP) is 8.85. The average Bonchev–Trinajstić information content (AvgIpc) is 3.30. The van der Waals surface area contributed by atoms with Crippen molar-refractivity contribution in [3.8, 4) is 22.3 Å². The molecule has 1 aromatic heterocycles. The van der Waals surface area contributed by atoms with Crippen molar-refractivity contribution in [1.82, 2.24) is 0 Å². The minimum atomic E-state index is 0.738. The van der Waals surface area contributed by atoms with Crippen LogP contribution in [0.3, 0.4) is 0 Å². The van der Waals surface area contributed by atoms with Gasteiger partial charge in [-0.3, -0.25) is 0 Å². The molecule has 0 radical (unpaired) electrons. The molecule has 4 aromatic carbocycles. The van der Waals surface area contributed by atoms with Gasteiger partial charge >= 0.3 is 0 Å². The van der Waals surface area contributed by atoms with Gasteiger partial charge in [-0.1, -0.05) is 76.9 Å². The molecule has 0 spiro atoms. The van der Waals surface area contributed by atoms with Crippen LogP contribution in [0.1, 0.15) is 41.9 Å². The Morgan fingerprint density at radius 1 is 0.774 bits per heavy atom. The Balaban J connectivity index is 1.47. The second-order valence-electron chi connectivity index (χ2n) is 8.94. The maximum absolute atomic E-state index is 6.41. The lowest BCUT2D eigenvalue weighted by molar-refractivity contribution is 0.420. The third-order valence-electron chi connectivity index (χ3n) is 7.29. The maximum atomic E-state index is 6.41. The van der Waals surface area contributed by atoms with Crippen molar-refractivity contribution in [3.63, 3.8) is 0 Å². The highest BCUT2D eigenvalue weighted by molar-refractivity contribution is 9.10. The van der Waals surface area contributed by atoms with Gasteiger partial charge < -0.3 is 4.42 Å². The van der Waals surface area contributed by atoms with Crippen LogP contribution in [0.15, 0.2) is 81.7 Å². The third kappa shape index (κ3) is 2.55. The van der Waals surface area contributed by atoms with Gasteiger partial charge in [0.25, 0.3) is 0 Å². The van der Waals surface area contributed by atoms with E-state index in [2.05, 4.69) is 88.7 Å². The summed E-state index contributed by atoms with van der Waals surface area (Å²) in [5.41, 5.74) is 11.8. The molecular weight excluding hydrogens is 444 g/mol. The zero-order valence-electron chi connectivity index (χ0n) is 17.1. The van der Waals surface area contributed by atoms with Crippen LogP contribution in [0.4, 0.5) is 0 Å². The fourth-order valence-corrected chi connectivity index (χ4v) is 5.93. The van der Waals surface area contributed by atoms with Crippen LogP contribution >= 0.6 is 15.9 Å². The first kappa shape index (κ1) is 17.8. The minimum absolute atomic E-state index is 0.738. The fraction of sp³-hybridized carbons (Fsp3) is 0.172. The molecule has 1 saturated carbocycles. The molecule has 0 unspecified atom stereocenters. The first-order valence-corrected chi connectivity index (χ1v) is 11.9. The van der Waals surface area contributed by atoms with Crippen LogP contribution in [-0.4, -0.2) is 0 Å². The Morgan fingerprint density at radius 3 is 2.45 bits per heavy atom. The predicted molar refractivity (Wildman–Crippen MR) is 132 cm³/mol. The van der Waals surface area contributed by atoms with E-state index in [9.17, 15) is 0 Å². The van der Waals surface area contributed by atoms with Crippen LogP contribution in [0.5, 0.6) is 0 Å². The van der Waals surface area contributed by atoms with Crippen LogP contribution in [0.25, 0.3) is 44.2 Å². The van der Waals surface area contributed by atoms with Gasteiger partial charge in [0.05, 0.1) is 0 Å². The zero-order chi connectivity index (χ0) is 20.5. The van der Waals surface area contributed by atoms with Crippen molar-refractivity contribution >= 4 is 37.9 Å². The van der Waals surface area contributed by atoms with E-state index in [-0.39, 0.29) is 0 Å². The lowest BCUT2D eigenvalue weighted by atomic mass is 9.77. The Kier molecular flexibility index (Phi) is 3.78. The molecule has 0 aliphatic heterocycles.